The Kier molecular flexibility index (Phi) is 5.20. The summed E-state index contributed by atoms with van der Waals surface area (Å²) in [6.07, 6.45) is 1.70. The van der Waals surface area contributed by atoms with E-state index in [4.69, 9.17) is 18.9 Å². The monoisotopic (exact) mass is 410 g/mol. The van der Waals surface area contributed by atoms with Crippen molar-refractivity contribution in [3.05, 3.63) is 47.2 Å². The number of methoxy groups -OCH3 is 4. The molecule has 2 aromatic carbocycles. The number of aromatic nitrogens is 1. The van der Waals surface area contributed by atoms with Gasteiger partial charge in [-0.05, 0) is 54.3 Å². The molecule has 1 aromatic heterocycles. The highest BCUT2D eigenvalue weighted by Gasteiger charge is 2.28. The topological polar surface area (TPSA) is 71.0 Å². The molecule has 7 heteroatoms. The van der Waals surface area contributed by atoms with Gasteiger partial charge in [0.05, 0.1) is 40.0 Å². The van der Waals surface area contributed by atoms with E-state index in [0.717, 1.165) is 29.3 Å². The van der Waals surface area contributed by atoms with E-state index in [-0.39, 0.29) is 11.9 Å². The van der Waals surface area contributed by atoms with Crippen LogP contribution < -0.4 is 24.3 Å². The first-order chi connectivity index (χ1) is 14.5. The molecule has 0 fully saturated rings. The number of fused-ring (bicyclic) bond motifs is 2. The predicted molar refractivity (Wildman–Crippen MR) is 114 cm³/mol. The normalized spacial score (nSPS) is 15.0. The second kappa shape index (κ2) is 7.82. The van der Waals surface area contributed by atoms with Gasteiger partial charge in [-0.1, -0.05) is 0 Å². The summed E-state index contributed by atoms with van der Waals surface area (Å²) in [7, 11) is 8.33. The molecule has 158 valence electrons. The number of carbonyl (C=O) groups is 1. The fourth-order valence-corrected chi connectivity index (χ4v) is 4.28. The average molecular weight is 410 g/mol. The highest BCUT2D eigenvalue weighted by Crippen LogP contribution is 2.40. The Bertz CT molecular complexity index is 1120. The van der Waals surface area contributed by atoms with Gasteiger partial charge in [-0.15, -0.1) is 0 Å². The zero-order valence-electron chi connectivity index (χ0n) is 17.9. The molecule has 1 amide bonds. The highest BCUT2D eigenvalue weighted by molar-refractivity contribution is 6.02. The first-order valence-electron chi connectivity index (χ1n) is 9.78. The van der Waals surface area contributed by atoms with E-state index >= 15 is 0 Å². The van der Waals surface area contributed by atoms with Crippen molar-refractivity contribution < 1.29 is 23.7 Å². The number of ether oxygens (including phenoxy) is 4. The van der Waals surface area contributed by atoms with Crippen molar-refractivity contribution in [1.29, 1.82) is 0 Å². The van der Waals surface area contributed by atoms with Gasteiger partial charge < -0.3 is 28.8 Å². The summed E-state index contributed by atoms with van der Waals surface area (Å²) in [4.78, 5) is 13.2. The summed E-state index contributed by atoms with van der Waals surface area (Å²) in [5.41, 5.74) is 3.59. The number of amides is 1. The lowest BCUT2D eigenvalue weighted by atomic mass is 10.1. The van der Waals surface area contributed by atoms with Crippen LogP contribution in [0.1, 0.15) is 34.1 Å². The maximum Gasteiger partial charge on any atom is 0.268 e. The summed E-state index contributed by atoms with van der Waals surface area (Å²) in [5, 5.41) is 4.01. The molecule has 0 saturated heterocycles. The molecule has 30 heavy (non-hydrogen) atoms. The third-order valence-electron chi connectivity index (χ3n) is 5.82. The molecule has 0 bridgehead atoms. The maximum atomic E-state index is 13.2. The molecule has 1 unspecified atom stereocenters. The van der Waals surface area contributed by atoms with E-state index in [2.05, 4.69) is 5.32 Å². The van der Waals surface area contributed by atoms with Gasteiger partial charge in [0.25, 0.3) is 5.91 Å². The first kappa shape index (κ1) is 19.9. The van der Waals surface area contributed by atoms with Crippen LogP contribution in [0.15, 0.2) is 30.3 Å². The number of benzene rings is 2. The lowest BCUT2D eigenvalue weighted by Crippen LogP contribution is -2.28. The molecule has 7 nitrogen and oxygen atoms in total. The molecule has 3 aromatic rings. The zero-order valence-corrected chi connectivity index (χ0v) is 17.9. The molecular weight excluding hydrogens is 384 g/mol. The van der Waals surface area contributed by atoms with Crippen LogP contribution in [0, 0.1) is 0 Å². The summed E-state index contributed by atoms with van der Waals surface area (Å²) >= 11 is 0. The van der Waals surface area contributed by atoms with Crippen LogP contribution in [0.3, 0.4) is 0 Å². The number of rotatable bonds is 6. The van der Waals surface area contributed by atoms with Crippen LogP contribution in [-0.4, -0.2) is 38.9 Å². The van der Waals surface area contributed by atoms with E-state index in [1.807, 2.05) is 41.9 Å². The Morgan fingerprint density at radius 1 is 0.933 bits per heavy atom. The summed E-state index contributed by atoms with van der Waals surface area (Å²) in [6.45, 7) is 0. The quantitative estimate of drug-likeness (QED) is 0.672. The minimum absolute atomic E-state index is 0.0888. The zero-order chi connectivity index (χ0) is 21.4. The molecule has 1 atom stereocenters. The summed E-state index contributed by atoms with van der Waals surface area (Å²) < 4.78 is 23.7. The van der Waals surface area contributed by atoms with Crippen LogP contribution in [0.2, 0.25) is 0 Å². The summed E-state index contributed by atoms with van der Waals surface area (Å²) in [6, 6.07) is 9.39. The summed E-state index contributed by atoms with van der Waals surface area (Å²) in [5.74, 6) is 2.61. The number of hydrogen-bond donors (Lipinski definition) is 1. The molecule has 4 rings (SSSR count). The van der Waals surface area contributed by atoms with Crippen LogP contribution in [0.5, 0.6) is 23.0 Å². The minimum Gasteiger partial charge on any atom is -0.496 e. The van der Waals surface area contributed by atoms with Crippen LogP contribution in [0.25, 0.3) is 10.9 Å². The second-order valence-electron chi connectivity index (χ2n) is 7.29. The highest BCUT2D eigenvalue weighted by atomic mass is 16.5. The van der Waals surface area contributed by atoms with Gasteiger partial charge in [-0.3, -0.25) is 4.79 Å². The van der Waals surface area contributed by atoms with Gasteiger partial charge in [0, 0.05) is 12.4 Å². The molecule has 0 spiro atoms. The maximum absolute atomic E-state index is 13.2. The van der Waals surface area contributed by atoms with Crippen molar-refractivity contribution in [1.82, 2.24) is 9.88 Å². The van der Waals surface area contributed by atoms with Crippen LogP contribution >= 0.6 is 0 Å². The third-order valence-corrected chi connectivity index (χ3v) is 5.82. The van der Waals surface area contributed by atoms with E-state index in [1.165, 1.54) is 5.56 Å². The lowest BCUT2D eigenvalue weighted by Gasteiger charge is -2.16. The largest absolute Gasteiger partial charge is 0.496 e. The fraction of sp³-hybridized carbons (Fsp3) is 0.348. The standard InChI is InChI=1S/C23H26N2O5/c1-25-17(11-15-18(27-2)8-9-19(28-3)22(15)25)23(26)24-16-7-6-13-10-20(29-4)21(30-5)12-14(13)16/h8-12,16H,6-7H2,1-5H3,(H,24,26). The van der Waals surface area contributed by atoms with E-state index in [0.29, 0.717) is 28.7 Å². The fourth-order valence-electron chi connectivity index (χ4n) is 4.28. The predicted octanol–water partition coefficient (Wildman–Crippen LogP) is 3.63. The molecule has 1 N–H and O–H groups in total. The van der Waals surface area contributed by atoms with Gasteiger partial charge >= 0.3 is 0 Å². The minimum atomic E-state index is -0.148. The number of aryl methyl sites for hydroxylation is 2. The SMILES string of the molecule is COc1cc2c(cc1OC)C(NC(=O)c1cc3c(OC)ccc(OC)c3n1C)CC2. The van der Waals surface area contributed by atoms with E-state index < -0.39 is 0 Å². The van der Waals surface area contributed by atoms with Gasteiger partial charge in [-0.2, -0.15) is 0 Å². The molecule has 1 aliphatic carbocycles. The van der Waals surface area contributed by atoms with Crippen LogP contribution in [-0.2, 0) is 13.5 Å². The second-order valence-corrected chi connectivity index (χ2v) is 7.29. The molecule has 1 aliphatic rings. The Balaban J connectivity index is 1.68. The van der Waals surface area contributed by atoms with Gasteiger partial charge in [0.2, 0.25) is 0 Å². The smallest absolute Gasteiger partial charge is 0.268 e. The first-order valence-corrected chi connectivity index (χ1v) is 9.78. The van der Waals surface area contributed by atoms with Gasteiger partial charge in [-0.25, -0.2) is 0 Å². The van der Waals surface area contributed by atoms with Crippen molar-refractivity contribution in [3.8, 4) is 23.0 Å². The van der Waals surface area contributed by atoms with E-state index in [1.54, 1.807) is 28.4 Å². The average Bonchev–Trinajstić information content (AvgIpc) is 3.32. The molecule has 0 radical (unpaired) electrons. The van der Waals surface area contributed by atoms with Crippen molar-refractivity contribution in [2.75, 3.05) is 28.4 Å². The van der Waals surface area contributed by atoms with Crippen molar-refractivity contribution >= 4 is 16.8 Å². The Labute approximate surface area is 175 Å². The number of nitrogens with zero attached hydrogens (tertiary/aromatic N) is 1. The Hall–Kier alpha value is -3.35. The van der Waals surface area contributed by atoms with Gasteiger partial charge in [0.15, 0.2) is 11.5 Å². The van der Waals surface area contributed by atoms with Gasteiger partial charge in [0.1, 0.15) is 17.2 Å². The van der Waals surface area contributed by atoms with Crippen molar-refractivity contribution in [3.63, 3.8) is 0 Å². The van der Waals surface area contributed by atoms with Crippen LogP contribution in [0.4, 0.5) is 0 Å². The molecular formula is C23H26N2O5. The van der Waals surface area contributed by atoms with E-state index in [9.17, 15) is 4.79 Å². The Morgan fingerprint density at radius 2 is 1.57 bits per heavy atom. The van der Waals surface area contributed by atoms with Crippen molar-refractivity contribution in [2.45, 2.75) is 18.9 Å². The Morgan fingerprint density at radius 3 is 2.23 bits per heavy atom. The molecule has 0 saturated carbocycles. The number of nitrogens with one attached hydrogen (secondary N) is 1. The number of carbonyl (C=O) groups excluding carboxylic acids is 1. The van der Waals surface area contributed by atoms with Crippen molar-refractivity contribution in [2.24, 2.45) is 7.05 Å². The molecule has 1 heterocycles. The third kappa shape index (κ3) is 3.10. The lowest BCUT2D eigenvalue weighted by molar-refractivity contribution is 0.0929. The molecule has 0 aliphatic heterocycles. The number of hydrogen-bond acceptors (Lipinski definition) is 5.